The second-order valence-corrected chi connectivity index (χ2v) is 11.1. The van der Waals surface area contributed by atoms with Crippen LogP contribution >= 0.6 is 11.6 Å². The molecule has 6 nitrogen and oxygen atoms in total. The van der Waals surface area contributed by atoms with Gasteiger partial charge in [0, 0.05) is 17.8 Å². The number of esters is 1. The summed E-state index contributed by atoms with van der Waals surface area (Å²) in [4.78, 5) is 12.4. The van der Waals surface area contributed by atoms with Crippen LogP contribution in [0.3, 0.4) is 0 Å². The normalized spacial score (nSPS) is 17.8. The van der Waals surface area contributed by atoms with Gasteiger partial charge in [0.2, 0.25) is 10.0 Å². The van der Waals surface area contributed by atoms with Gasteiger partial charge in [-0.1, -0.05) is 23.7 Å². The van der Waals surface area contributed by atoms with Crippen molar-refractivity contribution in [1.29, 1.82) is 0 Å². The van der Waals surface area contributed by atoms with E-state index in [1.807, 2.05) is 0 Å². The maximum absolute atomic E-state index is 13.5. The Labute approximate surface area is 195 Å². The Kier molecular flexibility index (Phi) is 6.76. The van der Waals surface area contributed by atoms with E-state index >= 15 is 0 Å². The van der Waals surface area contributed by atoms with E-state index in [1.165, 1.54) is 30.3 Å². The first-order chi connectivity index (χ1) is 15.1. The molecule has 0 aromatic heterocycles. The molecule has 2 N–H and O–H groups in total. The van der Waals surface area contributed by atoms with Crippen LogP contribution in [0, 0.1) is 0 Å². The van der Waals surface area contributed by atoms with Crippen molar-refractivity contribution in [1.82, 2.24) is 4.31 Å². The number of carbonyl (C=O) groups is 1. The molecule has 33 heavy (non-hydrogen) atoms. The van der Waals surface area contributed by atoms with Gasteiger partial charge in [-0.05, 0) is 63.4 Å². The number of nitrogens with two attached hydrogens (primary N) is 1. The van der Waals surface area contributed by atoms with Gasteiger partial charge in [0.15, 0.2) is 0 Å². The quantitative estimate of drug-likeness (QED) is 0.462. The van der Waals surface area contributed by atoms with Crippen molar-refractivity contribution in [3.63, 3.8) is 0 Å². The first-order valence-electron chi connectivity index (χ1n) is 10.1. The van der Waals surface area contributed by atoms with E-state index in [2.05, 4.69) is 0 Å². The summed E-state index contributed by atoms with van der Waals surface area (Å²) in [5.41, 5.74) is 3.37. The third-order valence-electron chi connectivity index (χ3n) is 5.05. The van der Waals surface area contributed by atoms with Gasteiger partial charge in [-0.3, -0.25) is 4.79 Å². The van der Waals surface area contributed by atoms with Gasteiger partial charge in [-0.25, -0.2) is 8.42 Å². The predicted octanol–water partition coefficient (Wildman–Crippen LogP) is 5.10. The Bertz CT molecular complexity index is 1160. The van der Waals surface area contributed by atoms with E-state index in [0.717, 1.165) is 10.4 Å². The third-order valence-corrected chi connectivity index (χ3v) is 7.27. The van der Waals surface area contributed by atoms with Gasteiger partial charge in [0.25, 0.3) is 0 Å². The van der Waals surface area contributed by atoms with Crippen molar-refractivity contribution in [2.45, 2.75) is 56.3 Å². The van der Waals surface area contributed by atoms with Crippen LogP contribution in [0.25, 0.3) is 11.1 Å². The van der Waals surface area contributed by atoms with Crippen molar-refractivity contribution in [3.05, 3.63) is 47.0 Å². The molecule has 0 bridgehead atoms. The second kappa shape index (κ2) is 8.81. The van der Waals surface area contributed by atoms with E-state index in [4.69, 9.17) is 22.1 Å². The Morgan fingerprint density at radius 3 is 2.30 bits per heavy atom. The highest BCUT2D eigenvalue weighted by Gasteiger charge is 2.41. The summed E-state index contributed by atoms with van der Waals surface area (Å²) in [5, 5.41) is -0.206. The van der Waals surface area contributed by atoms with Crippen LogP contribution in [0.1, 0.15) is 39.2 Å². The van der Waals surface area contributed by atoms with E-state index < -0.39 is 39.4 Å². The third kappa shape index (κ3) is 5.44. The average molecular weight is 505 g/mol. The van der Waals surface area contributed by atoms with Crippen LogP contribution < -0.4 is 5.73 Å². The number of rotatable bonds is 4. The summed E-state index contributed by atoms with van der Waals surface area (Å²) in [5.74, 6) is -0.635. The molecule has 1 fully saturated rings. The number of benzene rings is 2. The molecule has 0 aliphatic carbocycles. The number of alkyl halides is 3. The van der Waals surface area contributed by atoms with Crippen molar-refractivity contribution < 1.29 is 31.1 Å². The Balaban J connectivity index is 1.96. The van der Waals surface area contributed by atoms with Crippen molar-refractivity contribution in [2.24, 2.45) is 0 Å². The van der Waals surface area contributed by atoms with Gasteiger partial charge in [0.1, 0.15) is 11.6 Å². The molecular weight excluding hydrogens is 481 g/mol. The van der Waals surface area contributed by atoms with E-state index in [9.17, 15) is 26.4 Å². The molecule has 2 aromatic carbocycles. The lowest BCUT2D eigenvalue weighted by atomic mass is 9.98. The molecule has 0 unspecified atom stereocenters. The van der Waals surface area contributed by atoms with Crippen LogP contribution in [0.5, 0.6) is 0 Å². The smallest absolute Gasteiger partial charge is 0.417 e. The van der Waals surface area contributed by atoms with Gasteiger partial charge in [-0.2, -0.15) is 17.5 Å². The lowest BCUT2D eigenvalue weighted by molar-refractivity contribution is -0.158. The molecule has 0 amide bonds. The molecule has 1 heterocycles. The highest BCUT2D eigenvalue weighted by Crippen LogP contribution is 2.42. The van der Waals surface area contributed by atoms with Gasteiger partial charge < -0.3 is 10.5 Å². The first-order valence-corrected chi connectivity index (χ1v) is 11.9. The van der Waals surface area contributed by atoms with Crippen LogP contribution in [0.4, 0.5) is 18.9 Å². The number of sulfonamides is 1. The van der Waals surface area contributed by atoms with Gasteiger partial charge in [0.05, 0.1) is 15.5 Å². The predicted molar refractivity (Wildman–Crippen MR) is 119 cm³/mol. The van der Waals surface area contributed by atoms with Crippen LogP contribution in [-0.2, 0) is 25.7 Å². The number of anilines is 1. The topological polar surface area (TPSA) is 89.7 Å². The lowest BCUT2D eigenvalue weighted by Crippen LogP contribution is -2.43. The number of hydrogen-bond donors (Lipinski definition) is 1. The fraction of sp³-hybridized carbons (Fsp3) is 0.409. The molecule has 0 spiro atoms. The minimum absolute atomic E-state index is 0.0800. The number of carbonyl (C=O) groups excluding carboxylic acids is 1. The summed E-state index contributed by atoms with van der Waals surface area (Å²) in [6.45, 7) is 5.20. The summed E-state index contributed by atoms with van der Waals surface area (Å²) >= 11 is 6.06. The minimum Gasteiger partial charge on any atom is -0.459 e. The maximum atomic E-state index is 13.5. The fourth-order valence-electron chi connectivity index (χ4n) is 3.71. The lowest BCUT2D eigenvalue weighted by Gasteiger charge is -2.27. The molecule has 3 rings (SSSR count). The number of nitrogen functional groups attached to an aromatic ring is 1. The van der Waals surface area contributed by atoms with Crippen molar-refractivity contribution in [3.8, 4) is 11.1 Å². The second-order valence-electron chi connectivity index (χ2n) is 8.75. The Morgan fingerprint density at radius 2 is 1.76 bits per heavy atom. The molecule has 0 saturated carbocycles. The summed E-state index contributed by atoms with van der Waals surface area (Å²) in [6, 6.07) is 5.91. The fourth-order valence-corrected chi connectivity index (χ4v) is 5.69. The number of ether oxygens (including phenoxy) is 1. The standard InChI is InChI=1S/C22H24ClF3N2O4S/c1-21(2,3)32-20(29)18-5-4-10-28(18)33(30,31)15-8-6-13(7-9-15)19-16(22(24,25)26)11-14(27)12-17(19)23/h6-9,11-12,18H,4-5,10,27H2,1-3H3/t18-/m0/s1. The van der Waals surface area contributed by atoms with Crippen LogP contribution in [0.2, 0.25) is 5.02 Å². The van der Waals surface area contributed by atoms with Gasteiger partial charge >= 0.3 is 12.1 Å². The molecule has 2 aromatic rings. The number of nitrogens with zero attached hydrogens (tertiary/aromatic N) is 1. The van der Waals surface area contributed by atoms with E-state index in [-0.39, 0.29) is 33.3 Å². The molecular formula is C22H24ClF3N2O4S. The minimum atomic E-state index is -4.71. The SMILES string of the molecule is CC(C)(C)OC(=O)[C@@H]1CCCN1S(=O)(=O)c1ccc(-c2c(Cl)cc(N)cc2C(F)(F)F)cc1. The first kappa shape index (κ1) is 25.3. The molecule has 0 radical (unpaired) electrons. The number of hydrogen-bond acceptors (Lipinski definition) is 5. The van der Waals surface area contributed by atoms with Gasteiger partial charge in [-0.15, -0.1) is 0 Å². The zero-order chi connectivity index (χ0) is 24.8. The Morgan fingerprint density at radius 1 is 1.15 bits per heavy atom. The largest absolute Gasteiger partial charge is 0.459 e. The summed E-state index contributed by atoms with van der Waals surface area (Å²) in [6.07, 6.45) is -3.91. The molecule has 1 aliphatic heterocycles. The summed E-state index contributed by atoms with van der Waals surface area (Å²) < 4.78 is 73.4. The summed E-state index contributed by atoms with van der Waals surface area (Å²) in [7, 11) is -4.09. The van der Waals surface area contributed by atoms with Crippen LogP contribution in [0.15, 0.2) is 41.3 Å². The monoisotopic (exact) mass is 504 g/mol. The van der Waals surface area contributed by atoms with Crippen LogP contribution in [-0.4, -0.2) is 36.9 Å². The average Bonchev–Trinajstić information content (AvgIpc) is 3.16. The zero-order valence-corrected chi connectivity index (χ0v) is 19.8. The maximum Gasteiger partial charge on any atom is 0.417 e. The molecule has 1 atom stereocenters. The molecule has 180 valence electrons. The van der Waals surface area contributed by atoms with E-state index in [1.54, 1.807) is 20.8 Å². The Hall–Kier alpha value is -2.30. The number of halogens is 4. The highest BCUT2D eigenvalue weighted by molar-refractivity contribution is 7.89. The molecule has 1 saturated heterocycles. The molecule has 11 heteroatoms. The van der Waals surface area contributed by atoms with E-state index in [0.29, 0.717) is 12.8 Å². The highest BCUT2D eigenvalue weighted by atomic mass is 35.5. The van der Waals surface area contributed by atoms with Crippen molar-refractivity contribution >= 4 is 33.3 Å². The van der Waals surface area contributed by atoms with Crippen molar-refractivity contribution in [2.75, 3.05) is 12.3 Å². The molecule has 1 aliphatic rings. The zero-order valence-electron chi connectivity index (χ0n) is 18.2.